The Morgan fingerprint density at radius 2 is 2.35 bits per heavy atom. The molecule has 6 heteroatoms. The van der Waals surface area contributed by atoms with Gasteiger partial charge in [0.1, 0.15) is 4.99 Å². The molecule has 0 aliphatic rings. The number of hydrogen-bond acceptors (Lipinski definition) is 5. The van der Waals surface area contributed by atoms with E-state index in [0.717, 1.165) is 39.9 Å². The molecule has 0 fully saturated rings. The highest BCUT2D eigenvalue weighted by Gasteiger charge is 2.11. The summed E-state index contributed by atoms with van der Waals surface area (Å²) < 4.78 is 0. The van der Waals surface area contributed by atoms with Gasteiger partial charge in [0.2, 0.25) is 0 Å². The van der Waals surface area contributed by atoms with Crippen LogP contribution < -0.4 is 11.1 Å². The Balaban J connectivity index is 2.09. The number of anilines is 1. The molecule has 2 aromatic rings. The summed E-state index contributed by atoms with van der Waals surface area (Å²) in [5, 5.41) is 6.54. The van der Waals surface area contributed by atoms with Crippen LogP contribution in [0.4, 0.5) is 5.69 Å². The Bertz CT molecular complexity index is 567. The highest BCUT2D eigenvalue weighted by atomic mass is 32.2. The lowest BCUT2D eigenvalue weighted by molar-refractivity contribution is 0.996. The topological polar surface area (TPSA) is 50.9 Å². The molecule has 0 aliphatic carbocycles. The predicted octanol–water partition coefficient (Wildman–Crippen LogP) is 3.54. The predicted molar refractivity (Wildman–Crippen MR) is 93.0 cm³/mol. The number of benzene rings is 1. The van der Waals surface area contributed by atoms with Gasteiger partial charge in [0, 0.05) is 40.7 Å². The van der Waals surface area contributed by atoms with Gasteiger partial charge < -0.3 is 11.1 Å². The molecule has 0 unspecified atom stereocenters. The van der Waals surface area contributed by atoms with E-state index in [2.05, 4.69) is 23.3 Å². The molecule has 2 rings (SSSR count). The Morgan fingerprint density at radius 3 is 3.00 bits per heavy atom. The van der Waals surface area contributed by atoms with Crippen molar-refractivity contribution in [3.05, 3.63) is 40.3 Å². The van der Waals surface area contributed by atoms with Gasteiger partial charge in [-0.05, 0) is 17.9 Å². The molecule has 0 amide bonds. The third kappa shape index (κ3) is 3.94. The fraction of sp³-hybridized carbons (Fsp3) is 0.286. The minimum absolute atomic E-state index is 0.443. The van der Waals surface area contributed by atoms with E-state index >= 15 is 0 Å². The van der Waals surface area contributed by atoms with Crippen molar-refractivity contribution in [1.29, 1.82) is 0 Å². The number of rotatable bonds is 7. The summed E-state index contributed by atoms with van der Waals surface area (Å²) in [7, 11) is 0. The molecule has 0 radical (unpaired) electrons. The van der Waals surface area contributed by atoms with Crippen molar-refractivity contribution in [3.63, 3.8) is 0 Å². The first kappa shape index (κ1) is 15.3. The largest absolute Gasteiger partial charge is 0.389 e. The van der Waals surface area contributed by atoms with Crippen LogP contribution >= 0.6 is 35.3 Å². The minimum atomic E-state index is 0.443. The first-order chi connectivity index (χ1) is 9.72. The monoisotopic (exact) mass is 323 g/mol. The van der Waals surface area contributed by atoms with Gasteiger partial charge in [-0.25, -0.2) is 4.98 Å². The normalized spacial score (nSPS) is 10.4. The molecule has 0 saturated carbocycles. The first-order valence-corrected chi connectivity index (χ1v) is 8.67. The van der Waals surface area contributed by atoms with Gasteiger partial charge in [-0.3, -0.25) is 0 Å². The molecule has 0 spiro atoms. The van der Waals surface area contributed by atoms with Gasteiger partial charge in [-0.2, -0.15) is 0 Å². The summed E-state index contributed by atoms with van der Waals surface area (Å²) in [6, 6.07) is 6.12. The second kappa shape index (κ2) is 7.61. The van der Waals surface area contributed by atoms with Crippen LogP contribution in [-0.4, -0.2) is 22.3 Å². The van der Waals surface area contributed by atoms with Crippen molar-refractivity contribution in [2.75, 3.05) is 17.6 Å². The second-order valence-electron chi connectivity index (χ2n) is 4.08. The number of thiocarbonyl (C=S) groups is 1. The molecular weight excluding hydrogens is 306 g/mol. The maximum atomic E-state index is 5.88. The molecule has 20 heavy (non-hydrogen) atoms. The zero-order valence-electron chi connectivity index (χ0n) is 11.3. The average molecular weight is 324 g/mol. The van der Waals surface area contributed by atoms with Gasteiger partial charge >= 0.3 is 0 Å². The number of hydrogen-bond donors (Lipinski definition) is 2. The average Bonchev–Trinajstić information content (AvgIpc) is 2.92. The van der Waals surface area contributed by atoms with Gasteiger partial charge in [0.05, 0.1) is 5.01 Å². The Hall–Kier alpha value is -1.11. The standard InChI is InChI=1S/C14H17N3S3/c1-2-19-11-5-3-4-10(13(11)14(15)18)16-7-6-12-17-8-9-20-12/h3-5,8-9,16H,2,6-7H2,1H3,(H2,15,18). The molecular formula is C14H17N3S3. The minimum Gasteiger partial charge on any atom is -0.389 e. The molecule has 0 bridgehead atoms. The zero-order valence-corrected chi connectivity index (χ0v) is 13.7. The van der Waals surface area contributed by atoms with Crippen molar-refractivity contribution in [2.45, 2.75) is 18.2 Å². The molecule has 1 aromatic heterocycles. The summed E-state index contributed by atoms with van der Waals surface area (Å²) >= 11 is 8.63. The maximum Gasteiger partial charge on any atom is 0.107 e. The second-order valence-corrected chi connectivity index (χ2v) is 6.80. The Labute approximate surface area is 133 Å². The van der Waals surface area contributed by atoms with E-state index in [0.29, 0.717) is 4.99 Å². The number of nitrogens with one attached hydrogen (secondary N) is 1. The molecule has 3 nitrogen and oxygen atoms in total. The van der Waals surface area contributed by atoms with Crippen molar-refractivity contribution in [2.24, 2.45) is 5.73 Å². The maximum absolute atomic E-state index is 5.88. The Morgan fingerprint density at radius 1 is 1.50 bits per heavy atom. The lowest BCUT2D eigenvalue weighted by Gasteiger charge is -2.14. The van der Waals surface area contributed by atoms with Gasteiger partial charge in [0.15, 0.2) is 0 Å². The summed E-state index contributed by atoms with van der Waals surface area (Å²) in [4.78, 5) is 5.86. The van der Waals surface area contributed by atoms with Gasteiger partial charge in [-0.15, -0.1) is 23.1 Å². The third-order valence-corrected chi connectivity index (χ3v) is 4.69. The Kier molecular flexibility index (Phi) is 5.82. The summed E-state index contributed by atoms with van der Waals surface area (Å²) in [6.45, 7) is 2.94. The molecule has 1 aromatic carbocycles. The van der Waals surface area contributed by atoms with Crippen molar-refractivity contribution < 1.29 is 0 Å². The van der Waals surface area contributed by atoms with E-state index in [1.807, 2.05) is 23.7 Å². The van der Waals surface area contributed by atoms with E-state index in [1.54, 1.807) is 23.1 Å². The quantitative estimate of drug-likeness (QED) is 0.603. The van der Waals surface area contributed by atoms with Crippen LogP contribution in [0.25, 0.3) is 0 Å². The summed E-state index contributed by atoms with van der Waals surface area (Å²) in [6.07, 6.45) is 2.73. The van der Waals surface area contributed by atoms with Gasteiger partial charge in [0.25, 0.3) is 0 Å². The van der Waals surface area contributed by atoms with E-state index in [1.165, 1.54) is 0 Å². The van der Waals surface area contributed by atoms with E-state index in [9.17, 15) is 0 Å². The summed E-state index contributed by atoms with van der Waals surface area (Å²) in [5.41, 5.74) is 7.84. The van der Waals surface area contributed by atoms with Crippen molar-refractivity contribution in [1.82, 2.24) is 4.98 Å². The first-order valence-electron chi connectivity index (χ1n) is 6.40. The number of thioether (sulfide) groups is 1. The van der Waals surface area contributed by atoms with E-state index in [4.69, 9.17) is 18.0 Å². The van der Waals surface area contributed by atoms with Crippen molar-refractivity contribution in [3.8, 4) is 0 Å². The van der Waals surface area contributed by atoms with Crippen LogP contribution in [0.15, 0.2) is 34.7 Å². The van der Waals surface area contributed by atoms with Crippen LogP contribution in [0, 0.1) is 0 Å². The molecule has 0 aliphatic heterocycles. The molecule has 106 valence electrons. The molecule has 0 atom stereocenters. The number of aromatic nitrogens is 1. The smallest absolute Gasteiger partial charge is 0.107 e. The highest BCUT2D eigenvalue weighted by Crippen LogP contribution is 2.28. The van der Waals surface area contributed by atoms with Crippen LogP contribution in [0.3, 0.4) is 0 Å². The molecule has 1 heterocycles. The van der Waals surface area contributed by atoms with Gasteiger partial charge in [-0.1, -0.05) is 25.2 Å². The number of nitrogens with zero attached hydrogens (tertiary/aromatic N) is 1. The van der Waals surface area contributed by atoms with E-state index in [-0.39, 0.29) is 0 Å². The fourth-order valence-corrected chi connectivity index (χ4v) is 3.64. The SMILES string of the molecule is CCSc1cccc(NCCc2nccs2)c1C(N)=S. The van der Waals surface area contributed by atoms with E-state index < -0.39 is 0 Å². The molecule has 0 saturated heterocycles. The van der Waals surface area contributed by atoms with Crippen LogP contribution in [0.2, 0.25) is 0 Å². The number of thiazole rings is 1. The highest BCUT2D eigenvalue weighted by molar-refractivity contribution is 7.99. The van der Waals surface area contributed by atoms with Crippen molar-refractivity contribution >= 4 is 46.0 Å². The fourth-order valence-electron chi connectivity index (χ4n) is 1.89. The zero-order chi connectivity index (χ0) is 14.4. The lowest BCUT2D eigenvalue weighted by Crippen LogP contribution is -2.15. The van der Waals surface area contributed by atoms with Crippen LogP contribution in [0.1, 0.15) is 17.5 Å². The van der Waals surface area contributed by atoms with Crippen LogP contribution in [-0.2, 0) is 6.42 Å². The molecule has 3 N–H and O–H groups in total. The third-order valence-electron chi connectivity index (χ3n) is 2.71. The van der Waals surface area contributed by atoms with Crippen LogP contribution in [0.5, 0.6) is 0 Å². The number of nitrogens with two attached hydrogens (primary N) is 1. The lowest BCUT2D eigenvalue weighted by atomic mass is 10.1. The summed E-state index contributed by atoms with van der Waals surface area (Å²) in [5.74, 6) is 0.998.